The summed E-state index contributed by atoms with van der Waals surface area (Å²) in [4.78, 5) is 44.5. The molecule has 0 radical (unpaired) electrons. The van der Waals surface area contributed by atoms with Crippen molar-refractivity contribution in [3.05, 3.63) is 75.7 Å². The number of nitrogens with zero attached hydrogens (tertiary/aromatic N) is 2. The average Bonchev–Trinajstić information content (AvgIpc) is 3.46. The molecule has 13 heteroatoms. The minimum Gasteiger partial charge on any atom is -0.493 e. The number of aromatic amines is 1. The number of amides is 2. The molecule has 0 saturated carbocycles. The quantitative estimate of drug-likeness (QED) is 0.146. The molecular weight excluding hydrogens is 640 g/mol. The van der Waals surface area contributed by atoms with Crippen LogP contribution in [0.5, 0.6) is 17.2 Å². The number of rotatable bonds is 13. The second kappa shape index (κ2) is 15.9. The third kappa shape index (κ3) is 7.57. The number of nitrogens with one attached hydrogen (secondary N) is 4. The van der Waals surface area contributed by atoms with Crippen LogP contribution >= 0.6 is 0 Å². The first-order chi connectivity index (χ1) is 24.1. The number of aryl methyl sites for hydroxylation is 1. The lowest BCUT2D eigenvalue weighted by molar-refractivity contribution is -0.120. The van der Waals surface area contributed by atoms with Gasteiger partial charge in [0.25, 0.3) is 0 Å². The van der Waals surface area contributed by atoms with Gasteiger partial charge in [-0.2, -0.15) is 5.10 Å². The van der Waals surface area contributed by atoms with Gasteiger partial charge < -0.3 is 34.9 Å². The molecule has 0 saturated heterocycles. The number of anilines is 2. The SMILES string of the molecule is CC[C@@H](C)[C@H](Nc1ccc2c(cc1=O)[C@@H](NC(C)=O)CCc1cc(OC)c(OC)c(OC)c1-2)C(=O)Nc1ccc(-c2n[nH]c(COC)n2)cc1. The first kappa shape index (κ1) is 35.9. The average molecular weight is 685 g/mol. The van der Waals surface area contributed by atoms with Gasteiger partial charge in [-0.25, -0.2) is 4.98 Å². The van der Waals surface area contributed by atoms with Crippen molar-refractivity contribution in [1.82, 2.24) is 20.5 Å². The van der Waals surface area contributed by atoms with Gasteiger partial charge in [0, 0.05) is 30.8 Å². The van der Waals surface area contributed by atoms with Crippen LogP contribution in [-0.2, 0) is 27.4 Å². The summed E-state index contributed by atoms with van der Waals surface area (Å²) in [6.07, 6.45) is 1.80. The van der Waals surface area contributed by atoms with E-state index in [1.54, 1.807) is 39.5 Å². The maximum Gasteiger partial charge on any atom is 0.247 e. The van der Waals surface area contributed by atoms with Gasteiger partial charge in [-0.15, -0.1) is 0 Å². The molecule has 13 nitrogen and oxygen atoms in total. The summed E-state index contributed by atoms with van der Waals surface area (Å²) < 4.78 is 22.3. The zero-order chi connectivity index (χ0) is 35.9. The van der Waals surface area contributed by atoms with Crippen molar-refractivity contribution in [3.63, 3.8) is 0 Å². The summed E-state index contributed by atoms with van der Waals surface area (Å²) in [6, 6.07) is 13.0. The van der Waals surface area contributed by atoms with E-state index in [0.717, 1.165) is 16.7 Å². The number of hydrogen-bond donors (Lipinski definition) is 4. The van der Waals surface area contributed by atoms with Crippen LogP contribution in [0, 0.1) is 5.92 Å². The number of carbonyl (C=O) groups excluding carboxylic acids is 2. The Kier molecular flexibility index (Phi) is 11.4. The lowest BCUT2D eigenvalue weighted by atomic mass is 9.95. The summed E-state index contributed by atoms with van der Waals surface area (Å²) in [6.45, 7) is 5.72. The second-order valence-corrected chi connectivity index (χ2v) is 12.2. The zero-order valence-corrected chi connectivity index (χ0v) is 29.4. The van der Waals surface area contributed by atoms with Crippen molar-refractivity contribution >= 4 is 23.2 Å². The standard InChI is InChI=1S/C37H44N6O7/c1-8-20(2)33(37(46)39-24-12-9-22(10-13-24)36-41-31(19-47-4)42-43-36)40-28-16-14-25-26(18-29(28)45)27(38-21(3)44)15-11-23-17-30(48-5)34(49-6)35(50-7)32(23)25/h9-10,12-14,16-18,20,27,33H,8,11,15,19H2,1-7H3,(H,38,44)(H,39,46)(H,40,45)(H,41,42,43)/t20-,27+,33+/m1/s1. The maximum absolute atomic E-state index is 14.0. The third-order valence-corrected chi connectivity index (χ3v) is 8.95. The largest absolute Gasteiger partial charge is 0.493 e. The molecule has 2 amide bonds. The molecule has 5 rings (SSSR count). The molecule has 1 aliphatic carbocycles. The van der Waals surface area contributed by atoms with E-state index in [1.165, 1.54) is 20.1 Å². The topological polar surface area (TPSA) is 166 Å². The van der Waals surface area contributed by atoms with Crippen LogP contribution in [0.15, 0.2) is 53.3 Å². The Morgan fingerprint density at radius 1 is 1.00 bits per heavy atom. The van der Waals surface area contributed by atoms with Gasteiger partial charge in [-0.05, 0) is 77.9 Å². The van der Waals surface area contributed by atoms with E-state index in [-0.39, 0.29) is 28.8 Å². The Labute approximate surface area is 291 Å². The molecule has 264 valence electrons. The van der Waals surface area contributed by atoms with Crippen molar-refractivity contribution in [2.75, 3.05) is 39.1 Å². The van der Waals surface area contributed by atoms with E-state index < -0.39 is 12.1 Å². The number of aromatic nitrogens is 3. The Morgan fingerprint density at radius 2 is 1.74 bits per heavy atom. The molecule has 1 aliphatic rings. The Bertz CT molecular complexity index is 1910. The number of H-pyrrole nitrogens is 1. The summed E-state index contributed by atoms with van der Waals surface area (Å²) in [5.41, 5.74) is 4.27. The highest BCUT2D eigenvalue weighted by atomic mass is 16.5. The second-order valence-electron chi connectivity index (χ2n) is 12.2. The fourth-order valence-electron chi connectivity index (χ4n) is 6.24. The molecule has 0 aliphatic heterocycles. The molecule has 1 heterocycles. The smallest absolute Gasteiger partial charge is 0.247 e. The Morgan fingerprint density at radius 3 is 2.38 bits per heavy atom. The number of fused-ring (bicyclic) bond motifs is 3. The van der Waals surface area contributed by atoms with Gasteiger partial charge in [0.05, 0.1) is 33.1 Å². The molecule has 3 aromatic carbocycles. The molecule has 0 bridgehead atoms. The van der Waals surface area contributed by atoms with Gasteiger partial charge in [0.15, 0.2) is 23.1 Å². The van der Waals surface area contributed by atoms with Crippen LogP contribution in [0.2, 0.25) is 0 Å². The van der Waals surface area contributed by atoms with Crippen LogP contribution in [0.25, 0.3) is 22.5 Å². The number of ether oxygens (including phenoxy) is 4. The number of methoxy groups -OCH3 is 4. The van der Waals surface area contributed by atoms with E-state index in [2.05, 4.69) is 31.1 Å². The Balaban J connectivity index is 1.50. The van der Waals surface area contributed by atoms with Gasteiger partial charge in [0.2, 0.25) is 23.0 Å². The van der Waals surface area contributed by atoms with E-state index in [4.69, 9.17) is 18.9 Å². The van der Waals surface area contributed by atoms with Crippen molar-refractivity contribution < 1.29 is 28.5 Å². The molecule has 50 heavy (non-hydrogen) atoms. The predicted molar refractivity (Wildman–Crippen MR) is 191 cm³/mol. The fraction of sp³-hybridized carbons (Fsp3) is 0.378. The molecule has 4 N–H and O–H groups in total. The maximum atomic E-state index is 14.0. The number of carbonyl (C=O) groups is 2. The summed E-state index contributed by atoms with van der Waals surface area (Å²) in [7, 11) is 6.24. The normalized spacial score (nSPS) is 14.7. The van der Waals surface area contributed by atoms with Crippen LogP contribution < -0.4 is 35.6 Å². The molecule has 0 fully saturated rings. The van der Waals surface area contributed by atoms with Gasteiger partial charge in [0.1, 0.15) is 12.6 Å². The molecule has 3 atom stereocenters. The van der Waals surface area contributed by atoms with Crippen molar-refractivity contribution in [2.45, 2.75) is 58.7 Å². The van der Waals surface area contributed by atoms with Crippen molar-refractivity contribution in [1.29, 1.82) is 0 Å². The van der Waals surface area contributed by atoms with Crippen molar-refractivity contribution in [2.24, 2.45) is 5.92 Å². The van der Waals surface area contributed by atoms with Gasteiger partial charge >= 0.3 is 0 Å². The minimum absolute atomic E-state index is 0.130. The third-order valence-electron chi connectivity index (χ3n) is 8.95. The molecule has 4 aromatic rings. The Hall–Kier alpha value is -5.43. The van der Waals surface area contributed by atoms with E-state index in [0.29, 0.717) is 71.6 Å². The first-order valence-corrected chi connectivity index (χ1v) is 16.5. The fourth-order valence-corrected chi connectivity index (χ4v) is 6.24. The highest BCUT2D eigenvalue weighted by molar-refractivity contribution is 5.97. The summed E-state index contributed by atoms with van der Waals surface area (Å²) in [5.74, 6) is 1.88. The number of benzene rings is 2. The highest BCUT2D eigenvalue weighted by Crippen LogP contribution is 2.50. The zero-order valence-electron chi connectivity index (χ0n) is 29.4. The van der Waals surface area contributed by atoms with Gasteiger partial charge in [-0.3, -0.25) is 19.5 Å². The van der Waals surface area contributed by atoms with E-state index in [1.807, 2.05) is 38.1 Å². The minimum atomic E-state index is -0.739. The van der Waals surface area contributed by atoms with Crippen molar-refractivity contribution in [3.8, 4) is 39.8 Å². The summed E-state index contributed by atoms with van der Waals surface area (Å²) in [5, 5.41) is 16.3. The molecule has 0 spiro atoms. The van der Waals surface area contributed by atoms with E-state index >= 15 is 0 Å². The van der Waals surface area contributed by atoms with Crippen LogP contribution in [0.1, 0.15) is 56.6 Å². The molecule has 1 aromatic heterocycles. The predicted octanol–water partition coefficient (Wildman–Crippen LogP) is 5.26. The first-order valence-electron chi connectivity index (χ1n) is 16.5. The lowest BCUT2D eigenvalue weighted by Gasteiger charge is -2.24. The van der Waals surface area contributed by atoms with Crippen LogP contribution in [0.3, 0.4) is 0 Å². The van der Waals surface area contributed by atoms with E-state index in [9.17, 15) is 14.4 Å². The monoisotopic (exact) mass is 684 g/mol. The number of hydrogen-bond acceptors (Lipinski definition) is 10. The molecular formula is C37H44N6O7. The highest BCUT2D eigenvalue weighted by Gasteiger charge is 2.30. The van der Waals surface area contributed by atoms with Gasteiger partial charge in [-0.1, -0.05) is 26.3 Å². The van der Waals surface area contributed by atoms with Crippen LogP contribution in [0.4, 0.5) is 11.4 Å². The molecule has 0 unspecified atom stereocenters. The summed E-state index contributed by atoms with van der Waals surface area (Å²) >= 11 is 0. The van der Waals surface area contributed by atoms with Crippen LogP contribution in [-0.4, -0.2) is 61.5 Å². The lowest BCUT2D eigenvalue weighted by Crippen LogP contribution is -2.40.